The van der Waals surface area contributed by atoms with Gasteiger partial charge in [-0.2, -0.15) is 0 Å². The molecule has 0 heterocycles. The van der Waals surface area contributed by atoms with Crippen molar-refractivity contribution in [3.63, 3.8) is 0 Å². The van der Waals surface area contributed by atoms with Gasteiger partial charge in [0.05, 0.1) is 22.0 Å². The first-order chi connectivity index (χ1) is 16.4. The zero-order valence-electron chi connectivity index (χ0n) is 20.7. The first kappa shape index (κ1) is 28.9. The molecule has 2 unspecified atom stereocenters. The molecule has 2 atom stereocenters. The molecule has 0 aromatic heterocycles. The largest absolute Gasteiger partial charge is 0.352 e. The van der Waals surface area contributed by atoms with Gasteiger partial charge in [0.1, 0.15) is 12.6 Å². The molecular weight excluding hydrogens is 509 g/mol. The number of hydrogen-bond acceptors (Lipinski definition) is 4. The molecule has 35 heavy (non-hydrogen) atoms. The lowest BCUT2D eigenvalue weighted by molar-refractivity contribution is -0.140. The number of benzene rings is 2. The molecule has 2 rings (SSSR count). The highest BCUT2D eigenvalue weighted by Crippen LogP contribution is 2.26. The van der Waals surface area contributed by atoms with Crippen LogP contribution in [-0.4, -0.2) is 50.0 Å². The van der Waals surface area contributed by atoms with Crippen LogP contribution < -0.4 is 9.62 Å². The third-order valence-electron chi connectivity index (χ3n) is 5.79. The van der Waals surface area contributed by atoms with Gasteiger partial charge < -0.3 is 10.2 Å². The molecule has 7 nitrogen and oxygen atoms in total. The van der Waals surface area contributed by atoms with Gasteiger partial charge in [-0.1, -0.05) is 61.3 Å². The average Bonchev–Trinajstić information content (AvgIpc) is 2.79. The van der Waals surface area contributed by atoms with E-state index in [0.717, 1.165) is 17.0 Å². The minimum atomic E-state index is -3.78. The SMILES string of the molecule is CCC(C)NC(=O)C(CC)N(Cc1ccc(Cl)c(Cl)c1)C(=O)CN(c1ccccc1C)S(C)(=O)=O. The zero-order chi connectivity index (χ0) is 26.3. The van der Waals surface area contributed by atoms with Crippen LogP contribution in [0.3, 0.4) is 0 Å². The monoisotopic (exact) mass is 541 g/mol. The number of rotatable bonds is 11. The fourth-order valence-corrected chi connectivity index (χ4v) is 4.86. The van der Waals surface area contributed by atoms with Crippen LogP contribution in [0, 0.1) is 6.92 Å². The van der Waals surface area contributed by atoms with Crippen molar-refractivity contribution in [1.29, 1.82) is 0 Å². The van der Waals surface area contributed by atoms with E-state index in [4.69, 9.17) is 23.2 Å². The van der Waals surface area contributed by atoms with Crippen molar-refractivity contribution in [2.45, 2.75) is 59.2 Å². The molecule has 1 N–H and O–H groups in total. The number of nitrogens with one attached hydrogen (secondary N) is 1. The maximum absolute atomic E-state index is 13.7. The summed E-state index contributed by atoms with van der Waals surface area (Å²) in [7, 11) is -3.78. The first-order valence-electron chi connectivity index (χ1n) is 11.5. The van der Waals surface area contributed by atoms with E-state index in [0.29, 0.717) is 33.3 Å². The Balaban J connectivity index is 2.48. The average molecular weight is 543 g/mol. The maximum Gasteiger partial charge on any atom is 0.244 e. The summed E-state index contributed by atoms with van der Waals surface area (Å²) in [4.78, 5) is 28.2. The number of carbonyl (C=O) groups is 2. The van der Waals surface area contributed by atoms with E-state index in [1.807, 2.05) is 20.8 Å². The van der Waals surface area contributed by atoms with Crippen molar-refractivity contribution in [2.75, 3.05) is 17.1 Å². The van der Waals surface area contributed by atoms with Crippen LogP contribution in [0.4, 0.5) is 5.69 Å². The maximum atomic E-state index is 13.7. The summed E-state index contributed by atoms with van der Waals surface area (Å²) >= 11 is 12.2. The Morgan fingerprint density at radius 1 is 1.03 bits per heavy atom. The Bertz CT molecular complexity index is 1160. The van der Waals surface area contributed by atoms with Crippen LogP contribution in [0.25, 0.3) is 0 Å². The van der Waals surface area contributed by atoms with E-state index >= 15 is 0 Å². The highest BCUT2D eigenvalue weighted by atomic mass is 35.5. The van der Waals surface area contributed by atoms with Crippen LogP contribution in [0.1, 0.15) is 44.7 Å². The second kappa shape index (κ2) is 12.6. The molecular formula is C25H33Cl2N3O4S. The minimum absolute atomic E-state index is 0.0630. The molecule has 0 saturated carbocycles. The molecule has 2 amide bonds. The first-order valence-corrected chi connectivity index (χ1v) is 14.1. The Kier molecular flexibility index (Phi) is 10.4. The predicted molar refractivity (Wildman–Crippen MR) is 142 cm³/mol. The van der Waals surface area contributed by atoms with Crippen LogP contribution in [0.5, 0.6) is 0 Å². The number of anilines is 1. The molecule has 192 valence electrons. The van der Waals surface area contributed by atoms with Gasteiger partial charge >= 0.3 is 0 Å². The van der Waals surface area contributed by atoms with Crippen molar-refractivity contribution >= 4 is 50.7 Å². The molecule has 0 aliphatic rings. The van der Waals surface area contributed by atoms with Crippen molar-refractivity contribution in [2.24, 2.45) is 0 Å². The number of halogens is 2. The molecule has 0 aliphatic carbocycles. The number of aryl methyl sites for hydroxylation is 1. The van der Waals surface area contributed by atoms with Crippen LogP contribution in [-0.2, 0) is 26.2 Å². The second-order valence-electron chi connectivity index (χ2n) is 8.57. The molecule has 2 aromatic rings. The quantitative estimate of drug-likeness (QED) is 0.443. The fourth-order valence-electron chi connectivity index (χ4n) is 3.63. The summed E-state index contributed by atoms with van der Waals surface area (Å²) in [6.45, 7) is 7.05. The van der Waals surface area contributed by atoms with Crippen molar-refractivity contribution in [3.8, 4) is 0 Å². The summed E-state index contributed by atoms with van der Waals surface area (Å²) in [5, 5.41) is 3.63. The fraction of sp³-hybridized carbons (Fsp3) is 0.440. The second-order valence-corrected chi connectivity index (χ2v) is 11.3. The highest BCUT2D eigenvalue weighted by molar-refractivity contribution is 7.92. The Morgan fingerprint density at radius 3 is 2.23 bits per heavy atom. The van der Waals surface area contributed by atoms with Crippen LogP contribution in [0.2, 0.25) is 10.0 Å². The van der Waals surface area contributed by atoms with Crippen molar-refractivity contribution in [3.05, 3.63) is 63.6 Å². The molecule has 10 heteroatoms. The lowest BCUT2D eigenvalue weighted by Crippen LogP contribution is -2.53. The molecule has 0 aliphatic heterocycles. The third kappa shape index (κ3) is 7.85. The van der Waals surface area contributed by atoms with Crippen LogP contribution >= 0.6 is 23.2 Å². The van der Waals surface area contributed by atoms with E-state index in [1.165, 1.54) is 4.90 Å². The summed E-state index contributed by atoms with van der Waals surface area (Å²) < 4.78 is 26.4. The Morgan fingerprint density at radius 2 is 1.69 bits per heavy atom. The van der Waals surface area contributed by atoms with Gasteiger partial charge in [-0.05, 0) is 56.0 Å². The number of para-hydroxylation sites is 1. The Hall–Kier alpha value is -2.29. The summed E-state index contributed by atoms with van der Waals surface area (Å²) in [5.74, 6) is -0.798. The molecule has 0 bridgehead atoms. The molecule has 0 fully saturated rings. The van der Waals surface area contributed by atoms with Crippen molar-refractivity contribution in [1.82, 2.24) is 10.2 Å². The predicted octanol–water partition coefficient (Wildman–Crippen LogP) is 4.79. The number of hydrogen-bond donors (Lipinski definition) is 1. The summed E-state index contributed by atoms with van der Waals surface area (Å²) in [5.41, 5.74) is 1.79. The van der Waals surface area contributed by atoms with E-state index < -0.39 is 28.5 Å². The molecule has 0 radical (unpaired) electrons. The topological polar surface area (TPSA) is 86.8 Å². The van der Waals surface area contributed by atoms with Gasteiger partial charge in [-0.15, -0.1) is 0 Å². The van der Waals surface area contributed by atoms with E-state index in [1.54, 1.807) is 49.4 Å². The lowest BCUT2D eigenvalue weighted by atomic mass is 10.1. The number of sulfonamides is 1. The lowest BCUT2D eigenvalue weighted by Gasteiger charge is -2.33. The smallest absolute Gasteiger partial charge is 0.244 e. The molecule has 2 aromatic carbocycles. The highest BCUT2D eigenvalue weighted by Gasteiger charge is 2.32. The van der Waals surface area contributed by atoms with E-state index in [-0.39, 0.29) is 18.5 Å². The Labute approximate surface area is 218 Å². The molecule has 0 spiro atoms. The normalized spacial score (nSPS) is 13.1. The van der Waals surface area contributed by atoms with E-state index in [2.05, 4.69) is 5.32 Å². The summed E-state index contributed by atoms with van der Waals surface area (Å²) in [6, 6.07) is 11.1. The van der Waals surface area contributed by atoms with Gasteiger partial charge in [-0.3, -0.25) is 13.9 Å². The van der Waals surface area contributed by atoms with Crippen LogP contribution in [0.15, 0.2) is 42.5 Å². The van der Waals surface area contributed by atoms with Gasteiger partial charge in [0.2, 0.25) is 21.8 Å². The van der Waals surface area contributed by atoms with Gasteiger partial charge in [0.15, 0.2) is 0 Å². The number of nitrogens with zero attached hydrogens (tertiary/aromatic N) is 2. The van der Waals surface area contributed by atoms with Gasteiger partial charge in [0, 0.05) is 12.6 Å². The van der Waals surface area contributed by atoms with Gasteiger partial charge in [0.25, 0.3) is 0 Å². The number of carbonyl (C=O) groups excluding carboxylic acids is 2. The van der Waals surface area contributed by atoms with Crippen molar-refractivity contribution < 1.29 is 18.0 Å². The zero-order valence-corrected chi connectivity index (χ0v) is 23.0. The third-order valence-corrected chi connectivity index (χ3v) is 7.65. The van der Waals surface area contributed by atoms with Gasteiger partial charge in [-0.25, -0.2) is 8.42 Å². The number of amides is 2. The minimum Gasteiger partial charge on any atom is -0.352 e. The van der Waals surface area contributed by atoms with E-state index in [9.17, 15) is 18.0 Å². The molecule has 0 saturated heterocycles. The summed E-state index contributed by atoms with van der Waals surface area (Å²) in [6.07, 6.45) is 2.14. The standard InChI is InChI=1S/C25H33Cl2N3O4S/c1-6-18(4)28-25(32)22(7-2)29(15-19-12-13-20(26)21(27)14-19)24(31)16-30(35(5,33)34)23-11-9-8-10-17(23)3/h8-14,18,22H,6-7,15-16H2,1-5H3,(H,28,32).